The zero-order valence-corrected chi connectivity index (χ0v) is 15.1. The molecule has 0 aliphatic carbocycles. The number of anilines is 1. The third-order valence-corrected chi connectivity index (χ3v) is 4.01. The Kier molecular flexibility index (Phi) is 6.23. The highest BCUT2D eigenvalue weighted by Crippen LogP contribution is 2.22. The lowest BCUT2D eigenvalue weighted by atomic mass is 10.0. The summed E-state index contributed by atoms with van der Waals surface area (Å²) in [5, 5.41) is 13.1. The van der Waals surface area contributed by atoms with Crippen LogP contribution in [0.3, 0.4) is 0 Å². The number of rotatable bonds is 6. The van der Waals surface area contributed by atoms with Crippen molar-refractivity contribution in [2.45, 2.75) is 33.3 Å². The Labute approximate surface area is 155 Å². The first-order valence-corrected chi connectivity index (χ1v) is 8.18. The van der Waals surface area contributed by atoms with Gasteiger partial charge in [0.25, 0.3) is 5.91 Å². The number of carbonyl (C=O) groups excluding carboxylic acids is 2. The summed E-state index contributed by atoms with van der Waals surface area (Å²) in [5.41, 5.74) is 2.19. The van der Waals surface area contributed by atoms with Crippen molar-refractivity contribution in [2.75, 3.05) is 5.32 Å². The monoisotopic (exact) mass is 374 g/mol. The minimum atomic E-state index is -1.12. The van der Waals surface area contributed by atoms with Crippen molar-refractivity contribution >= 4 is 23.3 Å². The van der Waals surface area contributed by atoms with E-state index in [2.05, 4.69) is 5.32 Å². The van der Waals surface area contributed by atoms with E-state index in [4.69, 9.17) is 4.74 Å². The molecule has 0 spiro atoms. The average Bonchev–Trinajstić information content (AvgIpc) is 2.59. The van der Waals surface area contributed by atoms with E-state index in [1.807, 2.05) is 32.0 Å². The highest BCUT2D eigenvalue weighted by Gasteiger charge is 2.20. The number of esters is 1. The van der Waals surface area contributed by atoms with E-state index in [0.717, 1.165) is 28.8 Å². The van der Waals surface area contributed by atoms with Crippen LogP contribution in [0.1, 0.15) is 23.6 Å². The quantitative estimate of drug-likeness (QED) is 0.474. The molecule has 0 radical (unpaired) electrons. The number of nitrogens with one attached hydrogen (secondary N) is 1. The fraction of sp³-hybridized carbons (Fsp3) is 0.263. The second kappa shape index (κ2) is 8.39. The van der Waals surface area contributed by atoms with Gasteiger partial charge in [0, 0.05) is 11.8 Å². The molecule has 8 heteroatoms. The van der Waals surface area contributed by atoms with Crippen LogP contribution in [0.25, 0.3) is 0 Å². The predicted molar refractivity (Wildman–Crippen MR) is 96.9 cm³/mol. The van der Waals surface area contributed by atoms with Gasteiger partial charge in [0.15, 0.2) is 6.10 Å². The van der Waals surface area contributed by atoms with Crippen LogP contribution >= 0.6 is 0 Å². The van der Waals surface area contributed by atoms with Crippen molar-refractivity contribution in [3.05, 3.63) is 69.0 Å². The molecule has 1 amide bonds. The van der Waals surface area contributed by atoms with E-state index in [-0.39, 0.29) is 12.1 Å². The van der Waals surface area contributed by atoms with Crippen molar-refractivity contribution in [1.29, 1.82) is 0 Å². The van der Waals surface area contributed by atoms with Gasteiger partial charge < -0.3 is 10.1 Å². The molecular formula is C19H19FN2O5. The molecule has 0 saturated carbocycles. The third-order valence-electron chi connectivity index (χ3n) is 4.01. The van der Waals surface area contributed by atoms with Crippen LogP contribution in [-0.2, 0) is 20.7 Å². The molecule has 27 heavy (non-hydrogen) atoms. The van der Waals surface area contributed by atoms with Crippen molar-refractivity contribution in [3.63, 3.8) is 0 Å². The molecule has 0 fully saturated rings. The number of amides is 1. The van der Waals surface area contributed by atoms with Gasteiger partial charge in [0.1, 0.15) is 0 Å². The van der Waals surface area contributed by atoms with Gasteiger partial charge in [-0.1, -0.05) is 18.2 Å². The van der Waals surface area contributed by atoms with Crippen LogP contribution in [0.4, 0.5) is 15.8 Å². The van der Waals surface area contributed by atoms with Gasteiger partial charge in [-0.15, -0.1) is 0 Å². The van der Waals surface area contributed by atoms with Gasteiger partial charge in [0.2, 0.25) is 5.82 Å². The molecule has 0 saturated heterocycles. The number of aryl methyl sites for hydroxylation is 2. The SMILES string of the molecule is Cc1ccc(CC(=O)O[C@H](C)C(=O)Nc2ccc(F)c([N+](=O)[O-])c2)cc1C. The Bertz CT molecular complexity index is 898. The number of halogens is 1. The van der Waals surface area contributed by atoms with Crippen LogP contribution in [0.15, 0.2) is 36.4 Å². The molecular weight excluding hydrogens is 355 g/mol. The van der Waals surface area contributed by atoms with Crippen LogP contribution < -0.4 is 5.32 Å². The van der Waals surface area contributed by atoms with Gasteiger partial charge >= 0.3 is 11.7 Å². The number of nitro benzene ring substituents is 1. The van der Waals surface area contributed by atoms with Crippen molar-refractivity contribution in [2.24, 2.45) is 0 Å². The summed E-state index contributed by atoms with van der Waals surface area (Å²) in [6.07, 6.45) is -1.10. The number of carbonyl (C=O) groups is 2. The zero-order chi connectivity index (χ0) is 20.1. The molecule has 0 aliphatic rings. The molecule has 0 aromatic heterocycles. The highest BCUT2D eigenvalue weighted by atomic mass is 19.1. The normalized spacial score (nSPS) is 11.6. The topological polar surface area (TPSA) is 98.5 Å². The summed E-state index contributed by atoms with van der Waals surface area (Å²) in [4.78, 5) is 34.0. The van der Waals surface area contributed by atoms with E-state index >= 15 is 0 Å². The number of hydrogen-bond acceptors (Lipinski definition) is 5. The number of ether oxygens (including phenoxy) is 1. The predicted octanol–water partition coefficient (Wildman–Crippen LogP) is 3.46. The smallest absolute Gasteiger partial charge is 0.311 e. The minimum Gasteiger partial charge on any atom is -0.452 e. The fourth-order valence-electron chi connectivity index (χ4n) is 2.35. The Morgan fingerprint density at radius 2 is 1.89 bits per heavy atom. The molecule has 2 aromatic rings. The van der Waals surface area contributed by atoms with E-state index in [1.165, 1.54) is 13.0 Å². The maximum atomic E-state index is 13.3. The molecule has 1 N–H and O–H groups in total. The molecule has 7 nitrogen and oxygen atoms in total. The largest absolute Gasteiger partial charge is 0.452 e. The number of nitrogens with zero attached hydrogens (tertiary/aromatic N) is 1. The van der Waals surface area contributed by atoms with E-state index in [0.29, 0.717) is 0 Å². The van der Waals surface area contributed by atoms with Crippen molar-refractivity contribution in [3.8, 4) is 0 Å². The average molecular weight is 374 g/mol. The Morgan fingerprint density at radius 3 is 2.52 bits per heavy atom. The lowest BCUT2D eigenvalue weighted by Crippen LogP contribution is -2.30. The molecule has 0 aliphatic heterocycles. The summed E-state index contributed by atoms with van der Waals surface area (Å²) < 4.78 is 18.4. The van der Waals surface area contributed by atoms with Crippen LogP contribution in [0.5, 0.6) is 0 Å². The van der Waals surface area contributed by atoms with E-state index in [1.54, 1.807) is 0 Å². The summed E-state index contributed by atoms with van der Waals surface area (Å²) >= 11 is 0. The van der Waals surface area contributed by atoms with E-state index in [9.17, 15) is 24.1 Å². The molecule has 0 bridgehead atoms. The number of nitro groups is 1. The maximum absolute atomic E-state index is 13.3. The van der Waals surface area contributed by atoms with Crippen molar-refractivity contribution in [1.82, 2.24) is 0 Å². The Morgan fingerprint density at radius 1 is 1.19 bits per heavy atom. The summed E-state index contributed by atoms with van der Waals surface area (Å²) in [6, 6.07) is 8.55. The first-order chi connectivity index (χ1) is 12.7. The third kappa shape index (κ3) is 5.34. The molecule has 2 rings (SSSR count). The molecule has 0 heterocycles. The second-order valence-electron chi connectivity index (χ2n) is 6.14. The molecule has 0 unspecified atom stereocenters. The van der Waals surface area contributed by atoms with Gasteiger partial charge in [0.05, 0.1) is 11.3 Å². The summed E-state index contributed by atoms with van der Waals surface area (Å²) in [6.45, 7) is 5.28. The first kappa shape index (κ1) is 20.0. The second-order valence-corrected chi connectivity index (χ2v) is 6.14. The molecule has 2 aromatic carbocycles. The zero-order valence-electron chi connectivity index (χ0n) is 15.1. The number of benzene rings is 2. The van der Waals surface area contributed by atoms with Gasteiger partial charge in [-0.3, -0.25) is 19.7 Å². The van der Waals surface area contributed by atoms with Gasteiger partial charge in [-0.25, -0.2) is 0 Å². The van der Waals surface area contributed by atoms with E-state index < -0.39 is 34.4 Å². The van der Waals surface area contributed by atoms with Crippen molar-refractivity contribution < 1.29 is 23.6 Å². The van der Waals surface area contributed by atoms with Crippen LogP contribution in [0.2, 0.25) is 0 Å². The Hall–Kier alpha value is -3.29. The lowest BCUT2D eigenvalue weighted by molar-refractivity contribution is -0.387. The van der Waals surface area contributed by atoms with Crippen LogP contribution in [-0.4, -0.2) is 22.9 Å². The number of hydrogen-bond donors (Lipinski definition) is 1. The maximum Gasteiger partial charge on any atom is 0.311 e. The fourth-order valence-corrected chi connectivity index (χ4v) is 2.35. The lowest BCUT2D eigenvalue weighted by Gasteiger charge is -2.14. The first-order valence-electron chi connectivity index (χ1n) is 8.18. The molecule has 142 valence electrons. The highest BCUT2D eigenvalue weighted by molar-refractivity contribution is 5.95. The molecule has 1 atom stereocenters. The minimum absolute atomic E-state index is 0.0146. The summed E-state index contributed by atoms with van der Waals surface area (Å²) in [7, 11) is 0. The van der Waals surface area contributed by atoms with Gasteiger partial charge in [-0.2, -0.15) is 4.39 Å². The summed E-state index contributed by atoms with van der Waals surface area (Å²) in [5.74, 6) is -2.26. The van der Waals surface area contributed by atoms with Gasteiger partial charge in [-0.05, 0) is 49.6 Å². The standard InChI is InChI=1S/C19H19FN2O5/c1-11-4-5-14(8-12(11)2)9-18(23)27-13(3)19(24)21-15-6-7-16(20)17(10-15)22(25)26/h4-8,10,13H,9H2,1-3H3,(H,21,24)/t13-/m1/s1. The Balaban J connectivity index is 1.96. The van der Waals surface area contributed by atoms with Crippen LogP contribution in [0, 0.1) is 29.8 Å².